The SMILES string of the molecule is O=C(COc1ccc(Cl)c(F)c1)NC1CCC(C(=O)Nc2nc3cc(Cl)ccc3o2)CC1. The zero-order valence-corrected chi connectivity index (χ0v) is 18.4. The lowest BCUT2D eigenvalue weighted by molar-refractivity contribution is -0.124. The average molecular weight is 480 g/mol. The summed E-state index contributed by atoms with van der Waals surface area (Å²) in [5, 5.41) is 6.13. The minimum Gasteiger partial charge on any atom is -0.484 e. The Kier molecular flexibility index (Phi) is 6.81. The summed E-state index contributed by atoms with van der Waals surface area (Å²) in [6.45, 7) is -0.233. The van der Waals surface area contributed by atoms with Gasteiger partial charge in [0.05, 0.1) is 5.02 Å². The van der Waals surface area contributed by atoms with Gasteiger partial charge < -0.3 is 14.5 Å². The molecule has 1 saturated carbocycles. The fourth-order valence-corrected chi connectivity index (χ4v) is 3.93. The first-order valence-electron chi connectivity index (χ1n) is 10.1. The normalized spacial score (nSPS) is 18.3. The van der Waals surface area contributed by atoms with Gasteiger partial charge in [0, 0.05) is 23.0 Å². The summed E-state index contributed by atoms with van der Waals surface area (Å²) in [7, 11) is 0. The number of carbonyl (C=O) groups is 2. The molecular formula is C22H20Cl2FN3O4. The van der Waals surface area contributed by atoms with E-state index in [1.165, 1.54) is 12.1 Å². The number of hydrogen-bond acceptors (Lipinski definition) is 5. The standard InChI is InChI=1S/C22H20Cl2FN3O4/c23-13-3-8-19-18(9-13)27-22(32-19)28-21(30)12-1-4-14(5-2-12)26-20(29)11-31-15-6-7-16(24)17(25)10-15/h3,6-10,12,14H,1-2,4-5,11H2,(H,26,29)(H,27,28,30). The van der Waals surface area contributed by atoms with E-state index in [9.17, 15) is 14.0 Å². The Bertz CT molecular complexity index is 1150. The number of aromatic nitrogens is 1. The van der Waals surface area contributed by atoms with E-state index in [1.54, 1.807) is 18.2 Å². The van der Waals surface area contributed by atoms with E-state index in [-0.39, 0.29) is 47.2 Å². The molecule has 0 bridgehead atoms. The van der Waals surface area contributed by atoms with Crippen molar-refractivity contribution in [2.24, 2.45) is 5.92 Å². The molecule has 1 aliphatic carbocycles. The van der Waals surface area contributed by atoms with E-state index in [1.807, 2.05) is 0 Å². The van der Waals surface area contributed by atoms with Crippen LogP contribution in [0.2, 0.25) is 10.0 Å². The topological polar surface area (TPSA) is 93.5 Å². The predicted octanol–water partition coefficient (Wildman–Crippen LogP) is 4.97. The molecule has 1 heterocycles. The van der Waals surface area contributed by atoms with Crippen molar-refractivity contribution in [3.63, 3.8) is 0 Å². The van der Waals surface area contributed by atoms with Crippen molar-refractivity contribution in [2.45, 2.75) is 31.7 Å². The van der Waals surface area contributed by atoms with Crippen molar-refractivity contribution < 1.29 is 23.1 Å². The molecule has 32 heavy (non-hydrogen) atoms. The Hall–Kier alpha value is -2.84. The fraction of sp³-hybridized carbons (Fsp3) is 0.318. The Balaban J connectivity index is 1.22. The van der Waals surface area contributed by atoms with Crippen molar-refractivity contribution in [3.05, 3.63) is 52.3 Å². The second kappa shape index (κ2) is 9.75. The second-order valence-electron chi connectivity index (χ2n) is 7.60. The van der Waals surface area contributed by atoms with Gasteiger partial charge in [-0.1, -0.05) is 23.2 Å². The monoisotopic (exact) mass is 479 g/mol. The van der Waals surface area contributed by atoms with Gasteiger partial charge in [-0.3, -0.25) is 14.9 Å². The number of anilines is 1. The molecule has 4 rings (SSSR count). The van der Waals surface area contributed by atoms with Crippen molar-refractivity contribution in [1.29, 1.82) is 0 Å². The zero-order chi connectivity index (χ0) is 22.7. The maximum absolute atomic E-state index is 13.4. The van der Waals surface area contributed by atoms with E-state index in [0.29, 0.717) is 41.8 Å². The highest BCUT2D eigenvalue weighted by atomic mass is 35.5. The van der Waals surface area contributed by atoms with Crippen LogP contribution < -0.4 is 15.4 Å². The molecule has 2 amide bonds. The molecule has 10 heteroatoms. The molecule has 3 aromatic rings. The molecule has 2 aromatic carbocycles. The molecule has 168 valence electrons. The number of nitrogens with zero attached hydrogens (tertiary/aromatic N) is 1. The maximum Gasteiger partial charge on any atom is 0.302 e. The summed E-state index contributed by atoms with van der Waals surface area (Å²) in [5.41, 5.74) is 1.11. The zero-order valence-electron chi connectivity index (χ0n) is 16.9. The van der Waals surface area contributed by atoms with E-state index in [0.717, 1.165) is 6.07 Å². The summed E-state index contributed by atoms with van der Waals surface area (Å²) in [6, 6.07) is 9.13. The molecule has 2 N–H and O–H groups in total. The second-order valence-corrected chi connectivity index (χ2v) is 8.44. The predicted molar refractivity (Wildman–Crippen MR) is 118 cm³/mol. The smallest absolute Gasteiger partial charge is 0.302 e. The van der Waals surface area contributed by atoms with Gasteiger partial charge in [0.25, 0.3) is 5.91 Å². The first-order chi connectivity index (χ1) is 15.4. The van der Waals surface area contributed by atoms with Crippen molar-refractivity contribution in [1.82, 2.24) is 10.3 Å². The van der Waals surface area contributed by atoms with Gasteiger partial charge in [-0.05, 0) is 56.0 Å². The quantitative estimate of drug-likeness (QED) is 0.520. The fourth-order valence-electron chi connectivity index (χ4n) is 3.65. The number of oxazole rings is 1. The summed E-state index contributed by atoms with van der Waals surface area (Å²) < 4.78 is 24.3. The van der Waals surface area contributed by atoms with Crippen LogP contribution in [0.4, 0.5) is 10.4 Å². The van der Waals surface area contributed by atoms with Crippen LogP contribution in [0, 0.1) is 11.7 Å². The first-order valence-corrected chi connectivity index (χ1v) is 10.9. The minimum absolute atomic E-state index is 0.0110. The molecule has 0 spiro atoms. The maximum atomic E-state index is 13.4. The number of carbonyl (C=O) groups excluding carboxylic acids is 2. The molecule has 1 aliphatic rings. The van der Waals surface area contributed by atoms with Gasteiger partial charge in [0.15, 0.2) is 12.2 Å². The highest BCUT2D eigenvalue weighted by molar-refractivity contribution is 6.31. The highest BCUT2D eigenvalue weighted by Crippen LogP contribution is 2.27. The Morgan fingerprint density at radius 3 is 2.66 bits per heavy atom. The molecule has 0 radical (unpaired) electrons. The molecule has 1 fully saturated rings. The van der Waals surface area contributed by atoms with Crippen LogP contribution in [0.25, 0.3) is 11.1 Å². The van der Waals surface area contributed by atoms with Gasteiger partial charge in [0.1, 0.15) is 17.1 Å². The highest BCUT2D eigenvalue weighted by Gasteiger charge is 2.28. The number of fused-ring (bicyclic) bond motifs is 1. The number of amides is 2. The molecule has 1 aromatic heterocycles. The molecule has 0 saturated heterocycles. The van der Waals surface area contributed by atoms with Crippen LogP contribution in [0.5, 0.6) is 5.75 Å². The van der Waals surface area contributed by atoms with Gasteiger partial charge in [-0.15, -0.1) is 0 Å². The van der Waals surface area contributed by atoms with E-state index >= 15 is 0 Å². The molecular weight excluding hydrogens is 460 g/mol. The minimum atomic E-state index is -0.609. The number of benzene rings is 2. The van der Waals surface area contributed by atoms with E-state index in [2.05, 4.69) is 15.6 Å². The Morgan fingerprint density at radius 1 is 1.12 bits per heavy atom. The largest absolute Gasteiger partial charge is 0.484 e. The van der Waals surface area contributed by atoms with Gasteiger partial charge >= 0.3 is 6.01 Å². The number of nitrogens with one attached hydrogen (secondary N) is 2. The van der Waals surface area contributed by atoms with Crippen molar-refractivity contribution in [3.8, 4) is 5.75 Å². The third kappa shape index (κ3) is 5.49. The van der Waals surface area contributed by atoms with Crippen LogP contribution in [-0.4, -0.2) is 29.4 Å². The van der Waals surface area contributed by atoms with Gasteiger partial charge in [-0.25, -0.2) is 4.39 Å². The third-order valence-electron chi connectivity index (χ3n) is 5.30. The summed E-state index contributed by atoms with van der Waals surface area (Å²) in [4.78, 5) is 28.9. The van der Waals surface area contributed by atoms with Crippen LogP contribution in [-0.2, 0) is 9.59 Å². The Labute approximate surface area is 193 Å². The van der Waals surface area contributed by atoms with Gasteiger partial charge in [-0.2, -0.15) is 4.98 Å². The molecule has 0 atom stereocenters. The van der Waals surface area contributed by atoms with Crippen LogP contribution in [0.1, 0.15) is 25.7 Å². The average Bonchev–Trinajstić information content (AvgIpc) is 3.16. The van der Waals surface area contributed by atoms with Crippen LogP contribution in [0.15, 0.2) is 40.8 Å². The molecule has 0 aliphatic heterocycles. The lowest BCUT2D eigenvalue weighted by Crippen LogP contribution is -2.41. The first kappa shape index (κ1) is 22.4. The lowest BCUT2D eigenvalue weighted by Gasteiger charge is -2.28. The number of halogens is 3. The van der Waals surface area contributed by atoms with E-state index < -0.39 is 5.82 Å². The summed E-state index contributed by atoms with van der Waals surface area (Å²) in [6.07, 6.45) is 2.54. The van der Waals surface area contributed by atoms with Gasteiger partial charge in [0.2, 0.25) is 5.91 Å². The van der Waals surface area contributed by atoms with Crippen LogP contribution in [0.3, 0.4) is 0 Å². The molecule has 7 nitrogen and oxygen atoms in total. The van der Waals surface area contributed by atoms with E-state index in [4.69, 9.17) is 32.4 Å². The number of hydrogen-bond donors (Lipinski definition) is 2. The number of rotatable bonds is 6. The molecule has 0 unspecified atom stereocenters. The third-order valence-corrected chi connectivity index (χ3v) is 5.85. The van der Waals surface area contributed by atoms with Crippen molar-refractivity contribution >= 4 is 52.1 Å². The number of ether oxygens (including phenoxy) is 1. The van der Waals surface area contributed by atoms with Crippen LogP contribution >= 0.6 is 23.2 Å². The van der Waals surface area contributed by atoms with Crippen molar-refractivity contribution in [2.75, 3.05) is 11.9 Å². The summed E-state index contributed by atoms with van der Waals surface area (Å²) in [5.74, 6) is -1.05. The lowest BCUT2D eigenvalue weighted by atomic mass is 9.85. The summed E-state index contributed by atoms with van der Waals surface area (Å²) >= 11 is 11.6. The Morgan fingerprint density at radius 2 is 1.91 bits per heavy atom.